The fourth-order valence-corrected chi connectivity index (χ4v) is 4.34. The molecule has 174 valence electrons. The Morgan fingerprint density at radius 2 is 0.759 bits per heavy atom. The average molecular weight is 407 g/mol. The van der Waals surface area contributed by atoms with Crippen molar-refractivity contribution < 1.29 is 0 Å². The highest BCUT2D eigenvalue weighted by molar-refractivity contribution is 4.81. The van der Waals surface area contributed by atoms with Crippen LogP contribution in [0.25, 0.3) is 0 Å². The van der Waals surface area contributed by atoms with E-state index in [0.29, 0.717) is 0 Å². The van der Waals surface area contributed by atoms with Gasteiger partial charge in [-0.05, 0) is 31.6 Å². The van der Waals surface area contributed by atoms with Crippen molar-refractivity contribution in [3.63, 3.8) is 0 Å². The van der Waals surface area contributed by atoms with Crippen molar-refractivity contribution in [2.24, 2.45) is 5.92 Å². The van der Waals surface area contributed by atoms with Crippen molar-refractivity contribution in [2.75, 3.05) is 0 Å². The molecule has 1 unspecified atom stereocenters. The molecule has 0 nitrogen and oxygen atoms in total. The Kier molecular flexibility index (Phi) is 25.5. The van der Waals surface area contributed by atoms with Gasteiger partial charge >= 0.3 is 0 Å². The van der Waals surface area contributed by atoms with E-state index in [-0.39, 0.29) is 0 Å². The molecule has 0 aromatic rings. The molecule has 0 spiro atoms. The molecule has 0 saturated heterocycles. The standard InChI is InChI=1S/C29H58/c1-4-6-8-10-12-14-15-16-17-18-19-20-22-24-26-28-29(3)27-25-23-21-13-11-9-7-5-2/h13,21,29H,4-12,14-20,22-28H2,1-3H3. The molecule has 0 aliphatic heterocycles. The summed E-state index contributed by atoms with van der Waals surface area (Å²) < 4.78 is 0. The molecule has 0 aliphatic rings. The van der Waals surface area contributed by atoms with Crippen LogP contribution >= 0.6 is 0 Å². The predicted octanol–water partition coefficient (Wildman–Crippen LogP) is 11.2. The van der Waals surface area contributed by atoms with Gasteiger partial charge in [-0.2, -0.15) is 0 Å². The molecule has 0 bridgehead atoms. The van der Waals surface area contributed by atoms with Gasteiger partial charge in [0.15, 0.2) is 0 Å². The lowest BCUT2D eigenvalue weighted by Crippen LogP contribution is -1.94. The Hall–Kier alpha value is -0.260. The Morgan fingerprint density at radius 1 is 0.414 bits per heavy atom. The lowest BCUT2D eigenvalue weighted by atomic mass is 9.96. The smallest absolute Gasteiger partial charge is 0.0351 e. The highest BCUT2D eigenvalue weighted by Crippen LogP contribution is 2.18. The molecule has 0 saturated carbocycles. The van der Waals surface area contributed by atoms with Crippen molar-refractivity contribution in [1.29, 1.82) is 0 Å². The molecule has 0 heterocycles. The van der Waals surface area contributed by atoms with Crippen LogP contribution in [0, 0.1) is 5.92 Å². The van der Waals surface area contributed by atoms with Crippen molar-refractivity contribution in [3.05, 3.63) is 12.2 Å². The summed E-state index contributed by atoms with van der Waals surface area (Å²) in [5, 5.41) is 0. The summed E-state index contributed by atoms with van der Waals surface area (Å²) >= 11 is 0. The Balaban J connectivity index is 3.16. The third-order valence-corrected chi connectivity index (χ3v) is 6.51. The lowest BCUT2D eigenvalue weighted by molar-refractivity contribution is 0.443. The molecule has 0 rings (SSSR count). The van der Waals surface area contributed by atoms with Crippen LogP contribution in [-0.4, -0.2) is 0 Å². The molecule has 0 aromatic carbocycles. The van der Waals surface area contributed by atoms with Crippen LogP contribution in [-0.2, 0) is 0 Å². The van der Waals surface area contributed by atoms with Crippen molar-refractivity contribution in [1.82, 2.24) is 0 Å². The molecule has 29 heavy (non-hydrogen) atoms. The van der Waals surface area contributed by atoms with E-state index in [1.54, 1.807) is 0 Å². The van der Waals surface area contributed by atoms with Gasteiger partial charge in [-0.3, -0.25) is 0 Å². The van der Waals surface area contributed by atoms with Crippen molar-refractivity contribution in [3.8, 4) is 0 Å². The van der Waals surface area contributed by atoms with Crippen LogP contribution < -0.4 is 0 Å². The first-order valence-electron chi connectivity index (χ1n) is 14.0. The number of hydrogen-bond acceptors (Lipinski definition) is 0. The second kappa shape index (κ2) is 25.8. The topological polar surface area (TPSA) is 0 Å². The van der Waals surface area contributed by atoms with E-state index < -0.39 is 0 Å². The average Bonchev–Trinajstić information content (AvgIpc) is 2.72. The normalized spacial score (nSPS) is 12.8. The first-order chi connectivity index (χ1) is 14.3. The van der Waals surface area contributed by atoms with E-state index in [1.165, 1.54) is 148 Å². The van der Waals surface area contributed by atoms with E-state index in [9.17, 15) is 0 Å². The van der Waals surface area contributed by atoms with Gasteiger partial charge in [-0.25, -0.2) is 0 Å². The fourth-order valence-electron chi connectivity index (χ4n) is 4.34. The molecule has 1 atom stereocenters. The Morgan fingerprint density at radius 3 is 1.24 bits per heavy atom. The van der Waals surface area contributed by atoms with Gasteiger partial charge in [-0.1, -0.05) is 155 Å². The summed E-state index contributed by atoms with van der Waals surface area (Å²) in [6.45, 7) is 7.05. The molecule has 0 N–H and O–H groups in total. The van der Waals surface area contributed by atoms with Gasteiger partial charge in [0.1, 0.15) is 0 Å². The van der Waals surface area contributed by atoms with Crippen molar-refractivity contribution >= 4 is 0 Å². The van der Waals surface area contributed by atoms with Crippen LogP contribution in [0.2, 0.25) is 0 Å². The predicted molar refractivity (Wildman–Crippen MR) is 136 cm³/mol. The third kappa shape index (κ3) is 25.7. The molecule has 0 heteroatoms. The number of unbranched alkanes of at least 4 members (excludes halogenated alkanes) is 18. The third-order valence-electron chi connectivity index (χ3n) is 6.51. The maximum Gasteiger partial charge on any atom is -0.0351 e. The van der Waals surface area contributed by atoms with Gasteiger partial charge in [0.2, 0.25) is 0 Å². The first kappa shape index (κ1) is 28.7. The monoisotopic (exact) mass is 406 g/mol. The van der Waals surface area contributed by atoms with E-state index in [1.807, 2.05) is 0 Å². The molecular formula is C29H58. The quantitative estimate of drug-likeness (QED) is 0.110. The van der Waals surface area contributed by atoms with E-state index in [2.05, 4.69) is 32.9 Å². The van der Waals surface area contributed by atoms with Crippen LogP contribution in [0.1, 0.15) is 168 Å². The summed E-state index contributed by atoms with van der Waals surface area (Å²) in [6, 6.07) is 0. The number of hydrogen-bond donors (Lipinski definition) is 0. The van der Waals surface area contributed by atoms with Crippen LogP contribution in [0.4, 0.5) is 0 Å². The summed E-state index contributed by atoms with van der Waals surface area (Å²) in [7, 11) is 0. The maximum atomic E-state index is 2.47. The minimum Gasteiger partial charge on any atom is -0.0885 e. The lowest BCUT2D eigenvalue weighted by Gasteiger charge is -2.10. The van der Waals surface area contributed by atoms with Gasteiger partial charge < -0.3 is 0 Å². The van der Waals surface area contributed by atoms with Crippen LogP contribution in [0.3, 0.4) is 0 Å². The van der Waals surface area contributed by atoms with Crippen LogP contribution in [0.5, 0.6) is 0 Å². The molecule has 0 radical (unpaired) electrons. The Bertz CT molecular complexity index is 303. The molecule has 0 amide bonds. The van der Waals surface area contributed by atoms with Gasteiger partial charge in [0, 0.05) is 0 Å². The zero-order valence-electron chi connectivity index (χ0n) is 21.0. The van der Waals surface area contributed by atoms with E-state index in [4.69, 9.17) is 0 Å². The second-order valence-corrected chi connectivity index (χ2v) is 9.74. The Labute approximate surface area is 186 Å². The van der Waals surface area contributed by atoms with Gasteiger partial charge in [0.25, 0.3) is 0 Å². The zero-order valence-corrected chi connectivity index (χ0v) is 21.0. The van der Waals surface area contributed by atoms with E-state index in [0.717, 1.165) is 5.92 Å². The highest BCUT2D eigenvalue weighted by Gasteiger charge is 2.01. The highest BCUT2D eigenvalue weighted by atomic mass is 14.1. The van der Waals surface area contributed by atoms with Crippen molar-refractivity contribution in [2.45, 2.75) is 168 Å². The second-order valence-electron chi connectivity index (χ2n) is 9.74. The van der Waals surface area contributed by atoms with Gasteiger partial charge in [0.05, 0.1) is 0 Å². The summed E-state index contributed by atoms with van der Waals surface area (Å²) in [6.07, 6.45) is 37.8. The van der Waals surface area contributed by atoms with E-state index >= 15 is 0 Å². The van der Waals surface area contributed by atoms with Crippen LogP contribution in [0.15, 0.2) is 12.2 Å². The summed E-state index contributed by atoms with van der Waals surface area (Å²) in [5.41, 5.74) is 0. The zero-order chi connectivity index (χ0) is 21.3. The minimum absolute atomic E-state index is 0.936. The molecule has 0 aliphatic carbocycles. The molecule has 0 aromatic heterocycles. The number of allylic oxidation sites excluding steroid dienone is 2. The largest absolute Gasteiger partial charge is 0.0885 e. The van der Waals surface area contributed by atoms with Gasteiger partial charge in [-0.15, -0.1) is 0 Å². The summed E-state index contributed by atoms with van der Waals surface area (Å²) in [4.78, 5) is 0. The maximum absolute atomic E-state index is 2.47. The fraction of sp³-hybridized carbons (Fsp3) is 0.931. The first-order valence-corrected chi connectivity index (χ1v) is 14.0. The SMILES string of the molecule is CCCCCC=CCCCC(C)CCCCCCCCCCCCCCCCC. The number of rotatable bonds is 24. The molecular weight excluding hydrogens is 348 g/mol. The summed E-state index contributed by atoms with van der Waals surface area (Å²) in [5.74, 6) is 0.936. The minimum atomic E-state index is 0.936. The molecule has 0 fully saturated rings.